The van der Waals surface area contributed by atoms with Crippen molar-refractivity contribution in [2.24, 2.45) is 17.3 Å². The van der Waals surface area contributed by atoms with E-state index >= 15 is 0 Å². The maximum Gasteiger partial charge on any atom is 0.0548 e. The second-order valence-electron chi connectivity index (χ2n) is 5.50. The van der Waals surface area contributed by atoms with Gasteiger partial charge in [0.25, 0.3) is 0 Å². The van der Waals surface area contributed by atoms with Crippen LogP contribution in [0, 0.1) is 17.3 Å². The molecule has 2 rings (SSSR count). The monoisotopic (exact) mass is 197 g/mol. The zero-order chi connectivity index (χ0) is 10.0. The van der Waals surface area contributed by atoms with Gasteiger partial charge in [-0.3, -0.25) is 0 Å². The van der Waals surface area contributed by atoms with Crippen LogP contribution in [0.5, 0.6) is 0 Å². The predicted molar refractivity (Wildman–Crippen MR) is 58.3 cm³/mol. The average Bonchev–Trinajstić information content (AvgIpc) is 2.12. The van der Waals surface area contributed by atoms with Crippen molar-refractivity contribution in [2.75, 3.05) is 26.3 Å². The van der Waals surface area contributed by atoms with Gasteiger partial charge in [0.1, 0.15) is 0 Å². The fraction of sp³-hybridized carbons (Fsp3) is 1.00. The molecule has 0 spiro atoms. The lowest BCUT2D eigenvalue weighted by Crippen LogP contribution is -2.53. The van der Waals surface area contributed by atoms with Gasteiger partial charge in [-0.25, -0.2) is 0 Å². The molecule has 14 heavy (non-hydrogen) atoms. The summed E-state index contributed by atoms with van der Waals surface area (Å²) in [5.74, 6) is 1.67. The molecule has 2 heterocycles. The highest BCUT2D eigenvalue weighted by molar-refractivity contribution is 4.94. The molecule has 82 valence electrons. The molecular weight excluding hydrogens is 174 g/mol. The quantitative estimate of drug-likeness (QED) is 0.747. The summed E-state index contributed by atoms with van der Waals surface area (Å²) in [4.78, 5) is 0. The molecule has 2 nitrogen and oxygen atoms in total. The highest BCUT2D eigenvalue weighted by Crippen LogP contribution is 2.44. The lowest BCUT2D eigenvalue weighted by molar-refractivity contribution is -0.159. The second kappa shape index (κ2) is 4.19. The highest BCUT2D eigenvalue weighted by Gasteiger charge is 2.45. The molecule has 2 saturated heterocycles. The molecular formula is C12H23NO. The first kappa shape index (κ1) is 10.4. The summed E-state index contributed by atoms with van der Waals surface area (Å²) in [7, 11) is 0. The number of hydrogen-bond acceptors (Lipinski definition) is 2. The number of hydrogen-bond donors (Lipinski definition) is 1. The maximum absolute atomic E-state index is 5.46. The SMILES string of the molecule is CC(C)CC1(C2CCCNC2)COC1. The Balaban J connectivity index is 1.95. The Morgan fingerprint density at radius 3 is 2.64 bits per heavy atom. The van der Waals surface area contributed by atoms with Gasteiger partial charge in [-0.15, -0.1) is 0 Å². The number of ether oxygens (including phenoxy) is 1. The fourth-order valence-electron chi connectivity index (χ4n) is 3.07. The molecule has 2 heteroatoms. The van der Waals surface area contributed by atoms with Gasteiger partial charge in [0.05, 0.1) is 13.2 Å². The molecule has 2 aliphatic heterocycles. The van der Waals surface area contributed by atoms with Gasteiger partial charge in [-0.1, -0.05) is 13.8 Å². The molecule has 0 aliphatic carbocycles. The Labute approximate surface area is 87.4 Å². The molecule has 0 aromatic carbocycles. The van der Waals surface area contributed by atoms with Gasteiger partial charge in [-0.2, -0.15) is 0 Å². The van der Waals surface area contributed by atoms with Crippen LogP contribution in [-0.4, -0.2) is 26.3 Å². The normalized spacial score (nSPS) is 31.5. The summed E-state index contributed by atoms with van der Waals surface area (Å²) >= 11 is 0. The molecule has 0 aromatic rings. The maximum atomic E-state index is 5.46. The van der Waals surface area contributed by atoms with Crippen LogP contribution < -0.4 is 5.32 Å². The predicted octanol–water partition coefficient (Wildman–Crippen LogP) is 2.05. The molecule has 0 radical (unpaired) electrons. The van der Waals surface area contributed by atoms with E-state index in [9.17, 15) is 0 Å². The minimum atomic E-state index is 0.529. The third-order valence-corrected chi connectivity index (χ3v) is 3.76. The van der Waals surface area contributed by atoms with E-state index in [0.717, 1.165) is 25.0 Å². The van der Waals surface area contributed by atoms with Crippen LogP contribution in [0.2, 0.25) is 0 Å². The van der Waals surface area contributed by atoms with Crippen molar-refractivity contribution in [2.45, 2.75) is 33.1 Å². The molecule has 0 aromatic heterocycles. The zero-order valence-electron chi connectivity index (χ0n) is 9.51. The van der Waals surface area contributed by atoms with Gasteiger partial charge in [0, 0.05) is 5.41 Å². The summed E-state index contributed by atoms with van der Waals surface area (Å²) in [6.07, 6.45) is 4.10. The van der Waals surface area contributed by atoms with Crippen LogP contribution in [0.25, 0.3) is 0 Å². The van der Waals surface area contributed by atoms with E-state index in [4.69, 9.17) is 4.74 Å². The van der Waals surface area contributed by atoms with E-state index in [2.05, 4.69) is 19.2 Å². The summed E-state index contributed by atoms with van der Waals surface area (Å²) in [5.41, 5.74) is 0.529. The van der Waals surface area contributed by atoms with E-state index in [1.807, 2.05) is 0 Å². The van der Waals surface area contributed by atoms with Crippen molar-refractivity contribution in [1.29, 1.82) is 0 Å². The van der Waals surface area contributed by atoms with E-state index in [0.29, 0.717) is 5.41 Å². The first-order valence-corrected chi connectivity index (χ1v) is 6.01. The lowest BCUT2D eigenvalue weighted by Gasteiger charge is -2.49. The fourth-order valence-corrected chi connectivity index (χ4v) is 3.07. The molecule has 0 amide bonds. The van der Waals surface area contributed by atoms with E-state index in [1.54, 1.807) is 0 Å². The summed E-state index contributed by atoms with van der Waals surface area (Å²) < 4.78 is 5.46. The number of nitrogens with one attached hydrogen (secondary N) is 1. The van der Waals surface area contributed by atoms with Crippen molar-refractivity contribution in [1.82, 2.24) is 5.32 Å². The van der Waals surface area contributed by atoms with Crippen LogP contribution in [0.1, 0.15) is 33.1 Å². The Morgan fingerprint density at radius 1 is 1.43 bits per heavy atom. The van der Waals surface area contributed by atoms with E-state index in [1.165, 1.54) is 32.4 Å². The molecule has 0 saturated carbocycles. The molecule has 2 fully saturated rings. The Kier molecular flexibility index (Phi) is 3.13. The van der Waals surface area contributed by atoms with Gasteiger partial charge in [-0.05, 0) is 44.2 Å². The van der Waals surface area contributed by atoms with Crippen molar-refractivity contribution in [3.05, 3.63) is 0 Å². The van der Waals surface area contributed by atoms with Crippen molar-refractivity contribution < 1.29 is 4.74 Å². The summed E-state index contributed by atoms with van der Waals surface area (Å²) in [6.45, 7) is 9.12. The van der Waals surface area contributed by atoms with E-state index in [-0.39, 0.29) is 0 Å². The highest BCUT2D eigenvalue weighted by atomic mass is 16.5. The molecule has 0 bridgehead atoms. The standard InChI is InChI=1S/C12H23NO/c1-10(2)6-12(8-14-9-12)11-4-3-5-13-7-11/h10-11,13H,3-9H2,1-2H3. The first-order chi connectivity index (χ1) is 6.73. The average molecular weight is 197 g/mol. The Hall–Kier alpha value is -0.0800. The van der Waals surface area contributed by atoms with Gasteiger partial charge >= 0.3 is 0 Å². The van der Waals surface area contributed by atoms with Crippen molar-refractivity contribution in [3.8, 4) is 0 Å². The Bertz CT molecular complexity index is 181. The minimum absolute atomic E-state index is 0.529. The topological polar surface area (TPSA) is 21.3 Å². The Morgan fingerprint density at radius 2 is 2.21 bits per heavy atom. The minimum Gasteiger partial charge on any atom is -0.380 e. The van der Waals surface area contributed by atoms with Crippen LogP contribution in [0.4, 0.5) is 0 Å². The van der Waals surface area contributed by atoms with Crippen molar-refractivity contribution in [3.63, 3.8) is 0 Å². The van der Waals surface area contributed by atoms with Crippen LogP contribution in [-0.2, 0) is 4.74 Å². The first-order valence-electron chi connectivity index (χ1n) is 6.01. The third-order valence-electron chi connectivity index (χ3n) is 3.76. The van der Waals surface area contributed by atoms with Gasteiger partial charge < -0.3 is 10.1 Å². The molecule has 1 N–H and O–H groups in total. The zero-order valence-corrected chi connectivity index (χ0v) is 9.51. The molecule has 2 aliphatic rings. The van der Waals surface area contributed by atoms with Gasteiger partial charge in [0.15, 0.2) is 0 Å². The largest absolute Gasteiger partial charge is 0.380 e. The van der Waals surface area contributed by atoms with Crippen LogP contribution in [0.3, 0.4) is 0 Å². The summed E-state index contributed by atoms with van der Waals surface area (Å²) in [5, 5.41) is 3.53. The van der Waals surface area contributed by atoms with Gasteiger partial charge in [0.2, 0.25) is 0 Å². The van der Waals surface area contributed by atoms with E-state index < -0.39 is 0 Å². The smallest absolute Gasteiger partial charge is 0.0548 e. The number of piperidine rings is 1. The van der Waals surface area contributed by atoms with Crippen LogP contribution in [0.15, 0.2) is 0 Å². The van der Waals surface area contributed by atoms with Crippen LogP contribution >= 0.6 is 0 Å². The summed E-state index contributed by atoms with van der Waals surface area (Å²) in [6, 6.07) is 0. The molecule has 1 atom stereocenters. The third kappa shape index (κ3) is 1.96. The van der Waals surface area contributed by atoms with Crippen molar-refractivity contribution >= 4 is 0 Å². The lowest BCUT2D eigenvalue weighted by atomic mass is 9.66. The molecule has 1 unspecified atom stereocenters. The second-order valence-corrected chi connectivity index (χ2v) is 5.50. The number of rotatable bonds is 3.